The summed E-state index contributed by atoms with van der Waals surface area (Å²) in [7, 11) is 0. The molecule has 0 aromatic carbocycles. The first kappa shape index (κ1) is 15.3. The lowest BCUT2D eigenvalue weighted by Crippen LogP contribution is -2.44. The predicted octanol–water partition coefficient (Wildman–Crippen LogP) is 2.40. The molecule has 24 heavy (non-hydrogen) atoms. The minimum atomic E-state index is -0.203. The quantitative estimate of drug-likeness (QED) is 0.867. The van der Waals surface area contributed by atoms with Crippen LogP contribution in [-0.4, -0.2) is 40.4 Å². The van der Waals surface area contributed by atoms with E-state index in [4.69, 9.17) is 4.42 Å². The summed E-state index contributed by atoms with van der Waals surface area (Å²) in [6.45, 7) is 5.43. The number of hydrogen-bond acceptors (Lipinski definition) is 5. The number of nitrogens with zero attached hydrogens (tertiary/aromatic N) is 4. The van der Waals surface area contributed by atoms with Crippen LogP contribution in [0, 0.1) is 12.3 Å². The fourth-order valence-electron chi connectivity index (χ4n) is 3.89. The molecule has 6 nitrogen and oxygen atoms in total. The van der Waals surface area contributed by atoms with Crippen LogP contribution in [0.5, 0.6) is 0 Å². The number of furan rings is 1. The molecule has 2 aliphatic rings. The molecule has 2 aromatic rings. The van der Waals surface area contributed by atoms with E-state index in [-0.39, 0.29) is 11.3 Å². The Kier molecular flexibility index (Phi) is 3.84. The Labute approximate surface area is 141 Å². The molecule has 0 saturated carbocycles. The van der Waals surface area contributed by atoms with E-state index in [2.05, 4.69) is 14.9 Å². The Morgan fingerprint density at radius 2 is 1.83 bits per heavy atom. The molecule has 0 radical (unpaired) electrons. The third-order valence-electron chi connectivity index (χ3n) is 5.36. The van der Waals surface area contributed by atoms with Crippen molar-refractivity contribution in [1.82, 2.24) is 14.9 Å². The molecule has 1 amide bonds. The Bertz CT molecular complexity index is 720. The maximum Gasteiger partial charge on any atom is 0.233 e. The molecule has 1 spiro atoms. The van der Waals surface area contributed by atoms with E-state index in [9.17, 15) is 4.79 Å². The van der Waals surface area contributed by atoms with E-state index < -0.39 is 0 Å². The number of carbonyl (C=O) groups is 1. The minimum Gasteiger partial charge on any atom is -0.465 e. The van der Waals surface area contributed by atoms with Gasteiger partial charge in [0.05, 0.1) is 30.0 Å². The van der Waals surface area contributed by atoms with Crippen molar-refractivity contribution in [3.05, 3.63) is 42.4 Å². The van der Waals surface area contributed by atoms with Gasteiger partial charge in [0.25, 0.3) is 0 Å². The molecule has 0 bridgehead atoms. The lowest BCUT2D eigenvalue weighted by Gasteiger charge is -2.37. The lowest BCUT2D eigenvalue weighted by molar-refractivity contribution is -0.128. The molecule has 0 aliphatic carbocycles. The first-order chi connectivity index (χ1) is 11.7. The number of likely N-dealkylation sites (tertiary alicyclic amines) is 1. The fourth-order valence-corrected chi connectivity index (χ4v) is 3.89. The Balaban J connectivity index is 1.40. The van der Waals surface area contributed by atoms with Crippen molar-refractivity contribution >= 4 is 11.6 Å². The molecule has 0 N–H and O–H groups in total. The molecule has 2 fully saturated rings. The molecule has 4 rings (SSSR count). The molecule has 126 valence electrons. The van der Waals surface area contributed by atoms with Crippen LogP contribution in [0.3, 0.4) is 0 Å². The van der Waals surface area contributed by atoms with Crippen LogP contribution in [0.2, 0.25) is 0 Å². The number of carbonyl (C=O) groups excluding carboxylic acids is 1. The van der Waals surface area contributed by atoms with E-state index >= 15 is 0 Å². The highest BCUT2D eigenvalue weighted by atomic mass is 16.3. The number of hydrogen-bond donors (Lipinski definition) is 0. The van der Waals surface area contributed by atoms with Gasteiger partial charge >= 0.3 is 0 Å². The third kappa shape index (κ3) is 2.71. The zero-order chi connectivity index (χ0) is 16.6. The van der Waals surface area contributed by atoms with Crippen molar-refractivity contribution in [1.29, 1.82) is 0 Å². The smallest absolute Gasteiger partial charge is 0.233 e. The van der Waals surface area contributed by atoms with E-state index in [1.807, 2.05) is 24.0 Å². The van der Waals surface area contributed by atoms with Gasteiger partial charge in [-0.15, -0.1) is 0 Å². The highest BCUT2D eigenvalue weighted by Crippen LogP contribution is 2.43. The van der Waals surface area contributed by atoms with Crippen LogP contribution in [-0.2, 0) is 11.3 Å². The van der Waals surface area contributed by atoms with Gasteiger partial charge in [0.15, 0.2) is 0 Å². The van der Waals surface area contributed by atoms with Gasteiger partial charge in [-0.25, -0.2) is 9.97 Å². The molecule has 2 aromatic heterocycles. The maximum absolute atomic E-state index is 13.0. The Hall–Kier alpha value is -2.21. The predicted molar refractivity (Wildman–Crippen MR) is 89.4 cm³/mol. The van der Waals surface area contributed by atoms with Crippen LogP contribution >= 0.6 is 0 Å². The molecular formula is C18H22N4O2. The van der Waals surface area contributed by atoms with E-state index in [0.29, 0.717) is 0 Å². The largest absolute Gasteiger partial charge is 0.465 e. The summed E-state index contributed by atoms with van der Waals surface area (Å²) >= 11 is 0. The summed E-state index contributed by atoms with van der Waals surface area (Å²) in [5, 5.41) is 0. The van der Waals surface area contributed by atoms with Gasteiger partial charge in [0.1, 0.15) is 17.8 Å². The van der Waals surface area contributed by atoms with E-state index in [1.165, 1.54) is 6.33 Å². The zero-order valence-electron chi connectivity index (χ0n) is 13.9. The summed E-state index contributed by atoms with van der Waals surface area (Å²) in [5.41, 5.74) is 0.610. The van der Waals surface area contributed by atoms with Gasteiger partial charge in [-0.05, 0) is 51.4 Å². The number of anilines is 1. The first-order valence-electron chi connectivity index (χ1n) is 8.51. The number of rotatable bonds is 3. The summed E-state index contributed by atoms with van der Waals surface area (Å²) in [4.78, 5) is 25.3. The van der Waals surface area contributed by atoms with Crippen LogP contribution < -0.4 is 4.90 Å². The summed E-state index contributed by atoms with van der Waals surface area (Å²) in [6.07, 6.45) is 7.69. The maximum atomic E-state index is 13.0. The van der Waals surface area contributed by atoms with E-state index in [1.54, 1.807) is 12.4 Å². The SMILES string of the molecule is Cc1ccc(CN2CCC3(CC2)CCN(c2cncnc2)C3=O)o1. The second-order valence-electron chi connectivity index (χ2n) is 6.87. The highest BCUT2D eigenvalue weighted by molar-refractivity contribution is 5.99. The topological polar surface area (TPSA) is 62.5 Å². The fraction of sp³-hybridized carbons (Fsp3) is 0.500. The highest BCUT2D eigenvalue weighted by Gasteiger charge is 2.48. The lowest BCUT2D eigenvalue weighted by atomic mass is 9.77. The molecular weight excluding hydrogens is 304 g/mol. The number of aryl methyl sites for hydroxylation is 1. The van der Waals surface area contributed by atoms with Crippen molar-refractivity contribution in [2.45, 2.75) is 32.7 Å². The zero-order valence-corrected chi connectivity index (χ0v) is 13.9. The monoisotopic (exact) mass is 326 g/mol. The van der Waals surface area contributed by atoms with Crippen LogP contribution in [0.25, 0.3) is 0 Å². The number of amides is 1. The normalized spacial score (nSPS) is 20.9. The van der Waals surface area contributed by atoms with Crippen LogP contribution in [0.4, 0.5) is 5.69 Å². The van der Waals surface area contributed by atoms with Crippen molar-refractivity contribution in [2.75, 3.05) is 24.5 Å². The van der Waals surface area contributed by atoms with Gasteiger partial charge in [-0.1, -0.05) is 0 Å². The Morgan fingerprint density at radius 1 is 1.12 bits per heavy atom. The van der Waals surface area contributed by atoms with Crippen LogP contribution in [0.1, 0.15) is 30.8 Å². The van der Waals surface area contributed by atoms with E-state index in [0.717, 1.165) is 62.6 Å². The van der Waals surface area contributed by atoms with Crippen molar-refractivity contribution in [2.24, 2.45) is 5.41 Å². The second kappa shape index (κ2) is 6.02. The second-order valence-corrected chi connectivity index (χ2v) is 6.87. The molecule has 0 atom stereocenters. The van der Waals surface area contributed by atoms with Crippen molar-refractivity contribution < 1.29 is 9.21 Å². The molecule has 6 heteroatoms. The summed E-state index contributed by atoms with van der Waals surface area (Å²) in [6, 6.07) is 4.04. The van der Waals surface area contributed by atoms with Gasteiger partial charge < -0.3 is 9.32 Å². The number of piperidine rings is 1. The average Bonchev–Trinajstić information content (AvgIpc) is 3.15. The molecule has 2 saturated heterocycles. The average molecular weight is 326 g/mol. The van der Waals surface area contributed by atoms with Crippen molar-refractivity contribution in [3.8, 4) is 0 Å². The first-order valence-corrected chi connectivity index (χ1v) is 8.51. The van der Waals surface area contributed by atoms with Gasteiger partial charge in [0.2, 0.25) is 5.91 Å². The molecule has 4 heterocycles. The summed E-state index contributed by atoms with van der Waals surface area (Å²) in [5.74, 6) is 2.19. The van der Waals surface area contributed by atoms with Crippen LogP contribution in [0.15, 0.2) is 35.3 Å². The van der Waals surface area contributed by atoms with Gasteiger partial charge in [-0.2, -0.15) is 0 Å². The minimum absolute atomic E-state index is 0.203. The Morgan fingerprint density at radius 3 is 2.50 bits per heavy atom. The number of aromatic nitrogens is 2. The standard InChI is InChI=1S/C18H22N4O2/c1-14-2-3-16(24-14)12-21-7-4-18(5-8-21)6-9-22(17(18)23)15-10-19-13-20-11-15/h2-3,10-11,13H,4-9,12H2,1H3. The molecule has 0 unspecified atom stereocenters. The van der Waals surface area contributed by atoms with Gasteiger partial charge in [0, 0.05) is 6.54 Å². The van der Waals surface area contributed by atoms with Gasteiger partial charge in [-0.3, -0.25) is 9.69 Å². The van der Waals surface area contributed by atoms with Crippen molar-refractivity contribution in [3.63, 3.8) is 0 Å². The third-order valence-corrected chi connectivity index (χ3v) is 5.36. The molecule has 2 aliphatic heterocycles. The summed E-state index contributed by atoms with van der Waals surface area (Å²) < 4.78 is 5.67.